The molecule has 1 aromatic carbocycles. The smallest absolute Gasteiger partial charge is 0.276 e. The minimum absolute atomic E-state index is 0.00918. The van der Waals surface area contributed by atoms with Gasteiger partial charge in [0.2, 0.25) is 5.91 Å². The molecule has 1 aromatic rings. The summed E-state index contributed by atoms with van der Waals surface area (Å²) in [6.07, 6.45) is 3.61. The Morgan fingerprint density at radius 3 is 2.78 bits per heavy atom. The standard InChI is InChI=1S/C13H16N2O3/c1-3-10(2)14-13(16)9-8-11-6-4-5-7-12(11)15(17)18/h4-10H,3H2,1-2H3,(H,14,16). The summed E-state index contributed by atoms with van der Waals surface area (Å²) in [5.74, 6) is -0.248. The van der Waals surface area contributed by atoms with Gasteiger partial charge in [0.05, 0.1) is 10.5 Å². The van der Waals surface area contributed by atoms with Gasteiger partial charge in [-0.05, 0) is 25.5 Å². The summed E-state index contributed by atoms with van der Waals surface area (Å²) >= 11 is 0. The van der Waals surface area contributed by atoms with Gasteiger partial charge in [-0.25, -0.2) is 0 Å². The van der Waals surface area contributed by atoms with Crippen molar-refractivity contribution in [1.29, 1.82) is 0 Å². The average Bonchev–Trinajstić information content (AvgIpc) is 2.36. The first kappa shape index (κ1) is 13.9. The molecule has 0 heterocycles. The van der Waals surface area contributed by atoms with Crippen molar-refractivity contribution in [2.75, 3.05) is 0 Å². The first-order chi connectivity index (χ1) is 8.54. The SMILES string of the molecule is CCC(C)NC(=O)C=Cc1ccccc1[N+](=O)[O-]. The van der Waals surface area contributed by atoms with Crippen molar-refractivity contribution >= 4 is 17.7 Å². The lowest BCUT2D eigenvalue weighted by atomic mass is 10.1. The maximum absolute atomic E-state index is 11.5. The lowest BCUT2D eigenvalue weighted by Crippen LogP contribution is -2.30. The van der Waals surface area contributed by atoms with E-state index in [1.165, 1.54) is 18.2 Å². The van der Waals surface area contributed by atoms with E-state index in [0.29, 0.717) is 5.56 Å². The molecule has 5 heteroatoms. The van der Waals surface area contributed by atoms with Crippen LogP contribution in [0.5, 0.6) is 0 Å². The molecule has 0 aromatic heterocycles. The molecule has 5 nitrogen and oxygen atoms in total. The van der Waals surface area contributed by atoms with E-state index in [-0.39, 0.29) is 17.6 Å². The third-order valence-corrected chi connectivity index (χ3v) is 2.55. The number of nitrogens with zero attached hydrogens (tertiary/aromatic N) is 1. The molecule has 0 spiro atoms. The summed E-state index contributed by atoms with van der Waals surface area (Å²) in [5.41, 5.74) is 0.409. The second-order valence-electron chi connectivity index (χ2n) is 3.97. The maximum Gasteiger partial charge on any atom is 0.276 e. The van der Waals surface area contributed by atoms with Gasteiger partial charge in [0, 0.05) is 18.2 Å². The van der Waals surface area contributed by atoms with E-state index in [0.717, 1.165) is 6.42 Å². The van der Waals surface area contributed by atoms with Gasteiger partial charge < -0.3 is 5.32 Å². The first-order valence-electron chi connectivity index (χ1n) is 5.76. The molecule has 18 heavy (non-hydrogen) atoms. The number of para-hydroxylation sites is 1. The Morgan fingerprint density at radius 2 is 2.17 bits per heavy atom. The number of carbonyl (C=O) groups is 1. The van der Waals surface area contributed by atoms with Gasteiger partial charge in [0.1, 0.15) is 0 Å². The lowest BCUT2D eigenvalue weighted by molar-refractivity contribution is -0.385. The third-order valence-electron chi connectivity index (χ3n) is 2.55. The molecule has 1 N–H and O–H groups in total. The molecule has 1 amide bonds. The molecule has 0 aliphatic heterocycles. The van der Waals surface area contributed by atoms with Crippen LogP contribution in [-0.2, 0) is 4.79 Å². The van der Waals surface area contributed by atoms with E-state index in [1.807, 2.05) is 13.8 Å². The van der Waals surface area contributed by atoms with Gasteiger partial charge in [-0.2, -0.15) is 0 Å². The van der Waals surface area contributed by atoms with Crippen LogP contribution in [0.15, 0.2) is 30.3 Å². The predicted octanol–water partition coefficient (Wildman–Crippen LogP) is 2.52. The zero-order valence-corrected chi connectivity index (χ0v) is 10.4. The lowest BCUT2D eigenvalue weighted by Gasteiger charge is -2.08. The van der Waals surface area contributed by atoms with Gasteiger partial charge in [-0.3, -0.25) is 14.9 Å². The minimum atomic E-state index is -0.466. The topological polar surface area (TPSA) is 72.2 Å². The van der Waals surface area contributed by atoms with Crippen LogP contribution in [0.25, 0.3) is 6.08 Å². The Balaban J connectivity index is 2.78. The highest BCUT2D eigenvalue weighted by atomic mass is 16.6. The van der Waals surface area contributed by atoms with Crippen molar-refractivity contribution in [2.45, 2.75) is 26.3 Å². The van der Waals surface area contributed by atoms with Crippen molar-refractivity contribution in [3.63, 3.8) is 0 Å². The summed E-state index contributed by atoms with van der Waals surface area (Å²) in [7, 11) is 0. The van der Waals surface area contributed by atoms with Gasteiger partial charge in [-0.15, -0.1) is 0 Å². The van der Waals surface area contributed by atoms with Crippen LogP contribution < -0.4 is 5.32 Å². The number of nitrogens with one attached hydrogen (secondary N) is 1. The van der Waals surface area contributed by atoms with Gasteiger partial charge in [-0.1, -0.05) is 19.1 Å². The Morgan fingerprint density at radius 1 is 1.50 bits per heavy atom. The summed E-state index contributed by atoms with van der Waals surface area (Å²) < 4.78 is 0. The second-order valence-corrected chi connectivity index (χ2v) is 3.97. The highest BCUT2D eigenvalue weighted by Crippen LogP contribution is 2.18. The monoisotopic (exact) mass is 248 g/mol. The van der Waals surface area contributed by atoms with Crippen molar-refractivity contribution < 1.29 is 9.72 Å². The number of nitro groups is 1. The van der Waals surface area contributed by atoms with Gasteiger partial charge in [0.15, 0.2) is 0 Å². The van der Waals surface area contributed by atoms with Crippen molar-refractivity contribution in [2.24, 2.45) is 0 Å². The van der Waals surface area contributed by atoms with Gasteiger partial charge >= 0.3 is 0 Å². The van der Waals surface area contributed by atoms with E-state index in [2.05, 4.69) is 5.32 Å². The molecule has 0 aliphatic rings. The Hall–Kier alpha value is -2.17. The third kappa shape index (κ3) is 4.01. The van der Waals surface area contributed by atoms with Crippen LogP contribution in [0.2, 0.25) is 0 Å². The molecular formula is C13H16N2O3. The summed E-state index contributed by atoms with van der Waals surface area (Å²) in [4.78, 5) is 21.8. The number of carbonyl (C=O) groups excluding carboxylic acids is 1. The fourth-order valence-corrected chi connectivity index (χ4v) is 1.35. The van der Waals surface area contributed by atoms with Crippen LogP contribution in [-0.4, -0.2) is 16.9 Å². The Labute approximate surface area is 106 Å². The zero-order chi connectivity index (χ0) is 13.5. The van der Waals surface area contributed by atoms with Crippen LogP contribution in [0.3, 0.4) is 0 Å². The summed E-state index contributed by atoms with van der Waals surface area (Å²) in [6.45, 7) is 3.87. The van der Waals surface area contributed by atoms with E-state index in [4.69, 9.17) is 0 Å². The molecule has 0 fully saturated rings. The number of amides is 1. The molecule has 0 bridgehead atoms. The maximum atomic E-state index is 11.5. The summed E-state index contributed by atoms with van der Waals surface area (Å²) in [6, 6.07) is 6.39. The second kappa shape index (κ2) is 6.54. The fourth-order valence-electron chi connectivity index (χ4n) is 1.35. The predicted molar refractivity (Wildman–Crippen MR) is 70.0 cm³/mol. The van der Waals surface area contributed by atoms with E-state index in [9.17, 15) is 14.9 Å². The van der Waals surface area contributed by atoms with Crippen LogP contribution in [0.4, 0.5) is 5.69 Å². The highest BCUT2D eigenvalue weighted by Gasteiger charge is 2.09. The number of hydrogen-bond donors (Lipinski definition) is 1. The quantitative estimate of drug-likeness (QED) is 0.494. The van der Waals surface area contributed by atoms with Crippen molar-refractivity contribution in [1.82, 2.24) is 5.32 Å². The molecule has 96 valence electrons. The Kier molecular flexibility index (Phi) is 5.05. The number of benzene rings is 1. The molecule has 0 saturated heterocycles. The highest BCUT2D eigenvalue weighted by molar-refractivity contribution is 5.92. The normalized spacial score (nSPS) is 12.3. The minimum Gasteiger partial charge on any atom is -0.350 e. The zero-order valence-electron chi connectivity index (χ0n) is 10.4. The molecule has 1 rings (SSSR count). The molecule has 1 unspecified atom stereocenters. The number of nitro benzene ring substituents is 1. The van der Waals surface area contributed by atoms with Crippen molar-refractivity contribution in [3.8, 4) is 0 Å². The largest absolute Gasteiger partial charge is 0.350 e. The van der Waals surface area contributed by atoms with Gasteiger partial charge in [0.25, 0.3) is 5.69 Å². The molecule has 0 aliphatic carbocycles. The molecule has 0 radical (unpaired) electrons. The fraction of sp³-hybridized carbons (Fsp3) is 0.308. The average molecular weight is 248 g/mol. The van der Waals surface area contributed by atoms with Crippen molar-refractivity contribution in [3.05, 3.63) is 46.0 Å². The number of hydrogen-bond acceptors (Lipinski definition) is 3. The Bertz CT molecular complexity index is 469. The summed E-state index contributed by atoms with van der Waals surface area (Å²) in [5, 5.41) is 13.5. The van der Waals surface area contributed by atoms with Crippen LogP contribution in [0, 0.1) is 10.1 Å². The van der Waals surface area contributed by atoms with E-state index < -0.39 is 4.92 Å². The molecule has 0 saturated carbocycles. The molecular weight excluding hydrogens is 232 g/mol. The van der Waals surface area contributed by atoms with Crippen LogP contribution in [0.1, 0.15) is 25.8 Å². The van der Waals surface area contributed by atoms with E-state index in [1.54, 1.807) is 18.2 Å². The van der Waals surface area contributed by atoms with Crippen LogP contribution >= 0.6 is 0 Å². The van der Waals surface area contributed by atoms with E-state index >= 15 is 0 Å². The number of rotatable bonds is 5. The first-order valence-corrected chi connectivity index (χ1v) is 5.76. The molecule has 1 atom stereocenters.